The van der Waals surface area contributed by atoms with Crippen LogP contribution in [0.25, 0.3) is 10.8 Å². The molecule has 6 rings (SSSR count). The second-order valence-electron chi connectivity index (χ2n) is 9.61. The van der Waals surface area contributed by atoms with Crippen molar-refractivity contribution in [3.63, 3.8) is 0 Å². The Bertz CT molecular complexity index is 1620. The minimum atomic E-state index is -1.55. The fraction of sp³-hybridized carbons (Fsp3) is 0.259. The van der Waals surface area contributed by atoms with Crippen LogP contribution in [0.5, 0.6) is 17.2 Å². The Morgan fingerprint density at radius 2 is 1.81 bits per heavy atom. The zero-order valence-corrected chi connectivity index (χ0v) is 19.5. The molecule has 1 aliphatic heterocycles. The minimum absolute atomic E-state index is 0.116. The van der Waals surface area contributed by atoms with Gasteiger partial charge < -0.3 is 24.8 Å². The summed E-state index contributed by atoms with van der Waals surface area (Å²) in [5.41, 5.74) is -0.228. The Kier molecular flexibility index (Phi) is 4.20. The molecule has 182 valence electrons. The average molecular weight is 488 g/mol. The summed E-state index contributed by atoms with van der Waals surface area (Å²) in [7, 11) is 0. The quantitative estimate of drug-likeness (QED) is 0.366. The SMILES string of the molecule is CC(=O)O[C@H]1[C@@H]2C(=O)c3c(C)cc(O)c4c3[C@@]1(COC4=O)c1c(O)c(C=O)c3cc(O)cc(C)c3c12. The molecule has 3 aromatic carbocycles. The van der Waals surface area contributed by atoms with Crippen molar-refractivity contribution >= 4 is 34.8 Å². The van der Waals surface area contributed by atoms with Gasteiger partial charge in [0.15, 0.2) is 12.1 Å². The van der Waals surface area contributed by atoms with Crippen LogP contribution in [0.1, 0.15) is 71.7 Å². The molecule has 9 nitrogen and oxygen atoms in total. The summed E-state index contributed by atoms with van der Waals surface area (Å²) in [5, 5.41) is 33.2. The molecule has 0 saturated carbocycles. The number of carbonyl (C=O) groups excluding carboxylic acids is 4. The Hall–Kier alpha value is -4.40. The van der Waals surface area contributed by atoms with Crippen LogP contribution in [0.15, 0.2) is 18.2 Å². The van der Waals surface area contributed by atoms with E-state index in [0.717, 1.165) is 0 Å². The molecule has 1 heterocycles. The molecule has 0 radical (unpaired) electrons. The second-order valence-corrected chi connectivity index (χ2v) is 9.61. The monoisotopic (exact) mass is 488 g/mol. The third kappa shape index (κ3) is 2.35. The van der Waals surface area contributed by atoms with E-state index in [9.17, 15) is 34.5 Å². The maximum absolute atomic E-state index is 14.2. The van der Waals surface area contributed by atoms with Crippen molar-refractivity contribution in [3.8, 4) is 17.2 Å². The largest absolute Gasteiger partial charge is 0.508 e. The van der Waals surface area contributed by atoms with Gasteiger partial charge in [-0.1, -0.05) is 0 Å². The lowest BCUT2D eigenvalue weighted by atomic mass is 9.63. The van der Waals surface area contributed by atoms with Crippen LogP contribution in [0, 0.1) is 13.8 Å². The number of esters is 2. The third-order valence-electron chi connectivity index (χ3n) is 7.71. The van der Waals surface area contributed by atoms with E-state index in [2.05, 4.69) is 0 Å². The lowest BCUT2D eigenvalue weighted by Crippen LogP contribution is -2.54. The smallest absolute Gasteiger partial charge is 0.342 e. The van der Waals surface area contributed by atoms with E-state index in [1.807, 2.05) is 0 Å². The standard InChI is InChI=1S/C27H20O9/c1-9-4-12(30)6-13-14(7-28)23(32)22-19(16(9)13)20-24(33)17-10(2)5-15(31)18-21(17)27(22,8-35-26(18)34)25(20)36-11(3)29/h4-7,20,25,30-32H,8H2,1-3H3/t20-,25-,27-/m0/s1. The Morgan fingerprint density at radius 3 is 2.47 bits per heavy atom. The number of rotatable bonds is 2. The summed E-state index contributed by atoms with van der Waals surface area (Å²) in [6, 6.07) is 4.10. The number of Topliss-reactive ketones (excluding diaryl/α,β-unsaturated/α-hetero) is 1. The summed E-state index contributed by atoms with van der Waals surface area (Å²) >= 11 is 0. The highest BCUT2D eigenvalue weighted by atomic mass is 16.6. The fourth-order valence-corrected chi connectivity index (χ4v) is 6.60. The molecular formula is C27H20O9. The first-order valence-electron chi connectivity index (χ1n) is 11.3. The van der Waals surface area contributed by atoms with Crippen LogP contribution in [0.3, 0.4) is 0 Å². The highest BCUT2D eigenvalue weighted by Crippen LogP contribution is 2.64. The number of phenols is 3. The molecule has 1 spiro atoms. The molecule has 3 atom stereocenters. The summed E-state index contributed by atoms with van der Waals surface area (Å²) in [4.78, 5) is 51.5. The molecule has 0 aromatic heterocycles. The van der Waals surface area contributed by atoms with Crippen molar-refractivity contribution in [2.45, 2.75) is 38.2 Å². The van der Waals surface area contributed by atoms with E-state index in [0.29, 0.717) is 28.4 Å². The number of phenolic OH excluding ortho intramolecular Hbond substituents is 3. The van der Waals surface area contributed by atoms with Crippen molar-refractivity contribution in [1.29, 1.82) is 0 Å². The van der Waals surface area contributed by atoms with Crippen LogP contribution in [0.2, 0.25) is 0 Å². The summed E-state index contributed by atoms with van der Waals surface area (Å²) in [6.45, 7) is 4.10. The molecule has 0 saturated heterocycles. The van der Waals surface area contributed by atoms with Gasteiger partial charge in [-0.3, -0.25) is 14.4 Å². The van der Waals surface area contributed by atoms with Crippen LogP contribution in [-0.2, 0) is 19.7 Å². The van der Waals surface area contributed by atoms with Gasteiger partial charge >= 0.3 is 11.9 Å². The van der Waals surface area contributed by atoms with Gasteiger partial charge in [-0.15, -0.1) is 0 Å². The Balaban J connectivity index is 1.90. The number of cyclic esters (lactones) is 1. The molecule has 3 aliphatic rings. The predicted molar refractivity (Wildman–Crippen MR) is 124 cm³/mol. The lowest BCUT2D eigenvalue weighted by molar-refractivity contribution is -0.150. The minimum Gasteiger partial charge on any atom is -0.508 e. The molecule has 0 unspecified atom stereocenters. The Morgan fingerprint density at radius 1 is 1.08 bits per heavy atom. The predicted octanol–water partition coefficient (Wildman–Crippen LogP) is 3.07. The van der Waals surface area contributed by atoms with Crippen molar-refractivity contribution in [3.05, 3.63) is 62.7 Å². The number of carbonyl (C=O) groups is 4. The number of ketones is 1. The van der Waals surface area contributed by atoms with E-state index >= 15 is 0 Å². The van der Waals surface area contributed by atoms with Crippen molar-refractivity contribution < 1.29 is 44.0 Å². The first kappa shape index (κ1) is 22.1. The molecule has 0 amide bonds. The molecule has 9 heteroatoms. The number of ether oxygens (including phenoxy) is 2. The lowest BCUT2D eigenvalue weighted by Gasteiger charge is -2.44. The van der Waals surface area contributed by atoms with Crippen molar-refractivity contribution in [1.82, 2.24) is 0 Å². The molecule has 3 N–H and O–H groups in total. The number of aryl methyl sites for hydroxylation is 2. The van der Waals surface area contributed by atoms with E-state index in [1.54, 1.807) is 13.8 Å². The Labute approximate surface area is 203 Å². The van der Waals surface area contributed by atoms with Crippen LogP contribution in [0.4, 0.5) is 0 Å². The zero-order valence-electron chi connectivity index (χ0n) is 19.5. The van der Waals surface area contributed by atoms with Crippen LogP contribution in [-0.4, -0.2) is 52.0 Å². The van der Waals surface area contributed by atoms with E-state index in [4.69, 9.17) is 9.47 Å². The van der Waals surface area contributed by atoms with Gasteiger partial charge in [0.1, 0.15) is 35.5 Å². The second kappa shape index (κ2) is 6.84. The number of aromatic hydroxyl groups is 3. The van der Waals surface area contributed by atoms with Gasteiger partial charge in [-0.2, -0.15) is 0 Å². The van der Waals surface area contributed by atoms with E-state index < -0.39 is 53.3 Å². The maximum atomic E-state index is 14.2. The van der Waals surface area contributed by atoms with Gasteiger partial charge in [0.25, 0.3) is 0 Å². The fourth-order valence-electron chi connectivity index (χ4n) is 6.60. The summed E-state index contributed by atoms with van der Waals surface area (Å²) < 4.78 is 11.2. The molecular weight excluding hydrogens is 468 g/mol. The van der Waals surface area contributed by atoms with Crippen molar-refractivity contribution in [2.24, 2.45) is 0 Å². The van der Waals surface area contributed by atoms with Crippen molar-refractivity contribution in [2.75, 3.05) is 6.61 Å². The molecule has 2 aliphatic carbocycles. The van der Waals surface area contributed by atoms with E-state index in [-0.39, 0.29) is 39.0 Å². The summed E-state index contributed by atoms with van der Waals surface area (Å²) in [6.07, 6.45) is -0.773. The number of benzene rings is 3. The van der Waals surface area contributed by atoms with Crippen LogP contribution >= 0.6 is 0 Å². The topological polar surface area (TPSA) is 147 Å². The summed E-state index contributed by atoms with van der Waals surface area (Å²) in [5.74, 6) is -4.11. The highest BCUT2D eigenvalue weighted by molar-refractivity contribution is 6.16. The van der Waals surface area contributed by atoms with Gasteiger partial charge in [0.2, 0.25) is 0 Å². The van der Waals surface area contributed by atoms with E-state index in [1.165, 1.54) is 25.1 Å². The molecule has 36 heavy (non-hydrogen) atoms. The number of hydrogen-bond donors (Lipinski definition) is 3. The molecule has 2 bridgehead atoms. The first-order valence-corrected chi connectivity index (χ1v) is 11.3. The van der Waals surface area contributed by atoms with Gasteiger partial charge in [-0.05, 0) is 59.7 Å². The number of fused-ring (bicyclic) bond motifs is 5. The van der Waals surface area contributed by atoms with Crippen LogP contribution < -0.4 is 0 Å². The number of aldehydes is 1. The van der Waals surface area contributed by atoms with Gasteiger partial charge in [0.05, 0.1) is 16.9 Å². The number of hydrogen-bond acceptors (Lipinski definition) is 9. The first-order chi connectivity index (χ1) is 17.0. The third-order valence-corrected chi connectivity index (χ3v) is 7.71. The zero-order chi connectivity index (χ0) is 25.8. The average Bonchev–Trinajstić information content (AvgIpc) is 2.99. The molecule has 3 aromatic rings. The van der Waals surface area contributed by atoms with Gasteiger partial charge in [0, 0.05) is 23.4 Å². The van der Waals surface area contributed by atoms with Gasteiger partial charge in [-0.25, -0.2) is 4.79 Å². The normalized spacial score (nSPS) is 23.2. The highest BCUT2D eigenvalue weighted by Gasteiger charge is 2.67. The molecule has 0 fully saturated rings. The maximum Gasteiger partial charge on any atom is 0.342 e.